The van der Waals surface area contributed by atoms with Gasteiger partial charge in [0.1, 0.15) is 11.8 Å². The number of furan rings is 1. The topological polar surface area (TPSA) is 25.2 Å². The predicted molar refractivity (Wildman–Crippen MR) is 81.6 cm³/mol. The van der Waals surface area contributed by atoms with Crippen LogP contribution in [0, 0.1) is 0 Å². The molecule has 0 aliphatic carbocycles. The first-order valence-electron chi connectivity index (χ1n) is 5.73. The second-order valence-electron chi connectivity index (χ2n) is 3.93. The van der Waals surface area contributed by atoms with Crippen LogP contribution in [-0.2, 0) is 0 Å². The summed E-state index contributed by atoms with van der Waals surface area (Å²) in [4.78, 5) is 1.31. The van der Waals surface area contributed by atoms with Crippen molar-refractivity contribution in [3.05, 3.63) is 45.0 Å². The van der Waals surface area contributed by atoms with E-state index in [0.29, 0.717) is 0 Å². The normalized spacial score (nSPS) is 13.2. The third-order valence-electron chi connectivity index (χ3n) is 2.73. The molecular weight excluding hydrogens is 330 g/mol. The lowest BCUT2D eigenvalue weighted by Gasteiger charge is -2.13. The highest BCUT2D eigenvalue weighted by atomic mass is 79.9. The Morgan fingerprint density at radius 2 is 2.22 bits per heavy atom. The molecule has 0 saturated heterocycles. The minimum absolute atomic E-state index is 0.144. The summed E-state index contributed by atoms with van der Waals surface area (Å²) in [5.74, 6) is 0.956. The van der Waals surface area contributed by atoms with Crippen molar-refractivity contribution in [2.45, 2.75) is 13.0 Å². The van der Waals surface area contributed by atoms with Gasteiger partial charge >= 0.3 is 0 Å². The highest BCUT2D eigenvalue weighted by Gasteiger charge is 2.19. The molecule has 94 valence electrons. The van der Waals surface area contributed by atoms with Gasteiger partial charge < -0.3 is 9.73 Å². The summed E-state index contributed by atoms with van der Waals surface area (Å²) >= 11 is 6.98. The fraction of sp³-hybridized carbons (Fsp3) is 0.231. The number of thiophene rings is 2. The second-order valence-corrected chi connectivity index (χ2v) is 6.78. The Morgan fingerprint density at radius 1 is 1.33 bits per heavy atom. The first-order valence-corrected chi connectivity index (χ1v) is 8.22. The van der Waals surface area contributed by atoms with E-state index in [0.717, 1.165) is 17.0 Å². The van der Waals surface area contributed by atoms with Crippen molar-refractivity contribution in [1.29, 1.82) is 0 Å². The van der Waals surface area contributed by atoms with Gasteiger partial charge in [-0.15, -0.1) is 22.7 Å². The van der Waals surface area contributed by atoms with Crippen LogP contribution in [0.25, 0.3) is 9.40 Å². The van der Waals surface area contributed by atoms with Crippen molar-refractivity contribution < 1.29 is 4.42 Å². The zero-order valence-corrected chi connectivity index (χ0v) is 13.0. The van der Waals surface area contributed by atoms with Crippen LogP contribution in [0.5, 0.6) is 0 Å². The molecule has 3 heterocycles. The average Bonchev–Trinajstić information content (AvgIpc) is 3.00. The molecule has 5 heteroatoms. The van der Waals surface area contributed by atoms with E-state index < -0.39 is 0 Å². The fourth-order valence-corrected chi connectivity index (χ4v) is 4.48. The lowest BCUT2D eigenvalue weighted by molar-refractivity contribution is 0.440. The van der Waals surface area contributed by atoms with Crippen molar-refractivity contribution in [3.63, 3.8) is 0 Å². The lowest BCUT2D eigenvalue weighted by Crippen LogP contribution is -2.20. The standard InChI is InChI=1S/C13H12BrNOS2/c1-2-15-13(8-3-4-12(14)16-8)11-7-10-9(18-11)5-6-17-10/h3-7,13,15H,2H2,1H3. The molecule has 1 atom stereocenters. The summed E-state index contributed by atoms with van der Waals surface area (Å²) in [5.41, 5.74) is 0. The first-order chi connectivity index (χ1) is 8.78. The van der Waals surface area contributed by atoms with Gasteiger partial charge in [0.2, 0.25) is 0 Å². The molecule has 3 aromatic heterocycles. The van der Waals surface area contributed by atoms with Crippen molar-refractivity contribution in [2.24, 2.45) is 0 Å². The molecule has 0 aromatic carbocycles. The molecule has 0 amide bonds. The van der Waals surface area contributed by atoms with E-state index >= 15 is 0 Å². The summed E-state index contributed by atoms with van der Waals surface area (Å²) < 4.78 is 9.17. The Bertz CT molecular complexity index is 626. The molecule has 0 aliphatic rings. The number of fused-ring (bicyclic) bond motifs is 1. The fourth-order valence-electron chi connectivity index (χ4n) is 1.96. The van der Waals surface area contributed by atoms with Gasteiger partial charge in [0, 0.05) is 14.3 Å². The smallest absolute Gasteiger partial charge is 0.169 e. The molecule has 0 aliphatic heterocycles. The minimum Gasteiger partial charge on any atom is -0.452 e. The zero-order chi connectivity index (χ0) is 12.5. The van der Waals surface area contributed by atoms with Crippen molar-refractivity contribution in [3.8, 4) is 0 Å². The highest BCUT2D eigenvalue weighted by Crippen LogP contribution is 2.36. The third kappa shape index (κ3) is 2.28. The molecular formula is C13H12BrNOS2. The van der Waals surface area contributed by atoms with E-state index in [2.05, 4.69) is 45.7 Å². The maximum Gasteiger partial charge on any atom is 0.169 e. The molecule has 0 radical (unpaired) electrons. The Hall–Kier alpha value is -0.620. The Balaban J connectivity index is 2.00. The predicted octanol–water partition coefficient (Wildman–Crippen LogP) is 5.02. The molecule has 18 heavy (non-hydrogen) atoms. The van der Waals surface area contributed by atoms with Crippen LogP contribution in [0.15, 0.2) is 38.7 Å². The Labute approximate surface area is 122 Å². The zero-order valence-electron chi connectivity index (χ0n) is 9.77. The van der Waals surface area contributed by atoms with Gasteiger partial charge in [-0.3, -0.25) is 0 Å². The highest BCUT2D eigenvalue weighted by molar-refractivity contribution is 9.10. The van der Waals surface area contributed by atoms with E-state index in [1.54, 1.807) is 11.3 Å². The van der Waals surface area contributed by atoms with Crippen molar-refractivity contribution in [2.75, 3.05) is 6.54 Å². The molecule has 0 saturated carbocycles. The van der Waals surface area contributed by atoms with Crippen LogP contribution < -0.4 is 5.32 Å². The van der Waals surface area contributed by atoms with Gasteiger partial charge in [-0.1, -0.05) is 6.92 Å². The van der Waals surface area contributed by atoms with Gasteiger partial charge in [0.05, 0.1) is 0 Å². The molecule has 3 rings (SSSR count). The van der Waals surface area contributed by atoms with Gasteiger partial charge in [0.15, 0.2) is 4.67 Å². The van der Waals surface area contributed by atoms with Crippen LogP contribution >= 0.6 is 38.6 Å². The quantitative estimate of drug-likeness (QED) is 0.720. The monoisotopic (exact) mass is 341 g/mol. The van der Waals surface area contributed by atoms with Gasteiger partial charge in [-0.25, -0.2) is 0 Å². The minimum atomic E-state index is 0.144. The van der Waals surface area contributed by atoms with E-state index in [1.807, 2.05) is 23.5 Å². The number of hydrogen-bond donors (Lipinski definition) is 1. The average molecular weight is 342 g/mol. The van der Waals surface area contributed by atoms with Crippen LogP contribution in [0.2, 0.25) is 0 Å². The number of nitrogens with one attached hydrogen (secondary N) is 1. The maximum atomic E-state index is 5.69. The molecule has 3 aromatic rings. The maximum absolute atomic E-state index is 5.69. The molecule has 0 fully saturated rings. The summed E-state index contributed by atoms with van der Waals surface area (Å²) in [5, 5.41) is 5.62. The van der Waals surface area contributed by atoms with Crippen molar-refractivity contribution >= 4 is 48.0 Å². The molecule has 2 nitrogen and oxygen atoms in total. The molecule has 1 N–H and O–H groups in total. The lowest BCUT2D eigenvalue weighted by atomic mass is 10.2. The van der Waals surface area contributed by atoms with Crippen LogP contribution in [0.3, 0.4) is 0 Å². The molecule has 1 unspecified atom stereocenters. The number of hydrogen-bond acceptors (Lipinski definition) is 4. The van der Waals surface area contributed by atoms with Crippen LogP contribution in [-0.4, -0.2) is 6.54 Å². The Morgan fingerprint density at radius 3 is 2.89 bits per heavy atom. The van der Waals surface area contributed by atoms with E-state index in [4.69, 9.17) is 4.42 Å². The van der Waals surface area contributed by atoms with Gasteiger partial charge in [0.25, 0.3) is 0 Å². The van der Waals surface area contributed by atoms with Gasteiger partial charge in [-0.2, -0.15) is 0 Å². The van der Waals surface area contributed by atoms with E-state index in [9.17, 15) is 0 Å². The van der Waals surface area contributed by atoms with Crippen molar-refractivity contribution in [1.82, 2.24) is 5.32 Å². The number of halogens is 1. The third-order valence-corrected chi connectivity index (χ3v) is 5.31. The number of rotatable bonds is 4. The summed E-state index contributed by atoms with van der Waals surface area (Å²) in [6, 6.07) is 8.54. The van der Waals surface area contributed by atoms with E-state index in [-0.39, 0.29) is 6.04 Å². The first kappa shape index (κ1) is 12.4. The SMILES string of the molecule is CCNC(c1ccc(Br)o1)c1cc2sccc2s1. The van der Waals surface area contributed by atoms with Crippen LogP contribution in [0.4, 0.5) is 0 Å². The Kier molecular flexibility index (Phi) is 3.56. The summed E-state index contributed by atoms with van der Waals surface area (Å²) in [6.07, 6.45) is 0. The van der Waals surface area contributed by atoms with E-state index in [1.165, 1.54) is 14.3 Å². The largest absolute Gasteiger partial charge is 0.452 e. The molecule has 0 spiro atoms. The summed E-state index contributed by atoms with van der Waals surface area (Å²) in [6.45, 7) is 3.02. The second kappa shape index (κ2) is 5.17. The van der Waals surface area contributed by atoms with Gasteiger partial charge in [-0.05, 0) is 52.1 Å². The molecule has 0 bridgehead atoms. The van der Waals surface area contributed by atoms with Crippen LogP contribution in [0.1, 0.15) is 23.6 Å². The summed E-state index contributed by atoms with van der Waals surface area (Å²) in [7, 11) is 0.